The average Bonchev–Trinajstić information content (AvgIpc) is 3.16. The molecule has 28 heavy (non-hydrogen) atoms. The zero-order valence-electron chi connectivity index (χ0n) is 15.0. The van der Waals surface area contributed by atoms with Gasteiger partial charge >= 0.3 is 0 Å². The number of rotatable bonds is 6. The number of hydrogen-bond donors (Lipinski definition) is 1. The maximum atomic E-state index is 12.8. The van der Waals surface area contributed by atoms with Crippen LogP contribution < -0.4 is 5.32 Å². The second-order valence-corrected chi connectivity index (χ2v) is 6.84. The van der Waals surface area contributed by atoms with Crippen LogP contribution in [0.3, 0.4) is 0 Å². The number of hydrogen-bond acceptors (Lipinski definition) is 6. The fraction of sp³-hybridized carbons (Fsp3) is 0.316. The highest BCUT2D eigenvalue weighted by atomic mass is 32.1. The molecule has 3 aliphatic rings. The van der Waals surface area contributed by atoms with Gasteiger partial charge in [-0.2, -0.15) is 0 Å². The quantitative estimate of drug-likeness (QED) is 0.729. The lowest BCUT2D eigenvalue weighted by molar-refractivity contribution is -0.129. The number of ether oxygens (including phenoxy) is 2. The van der Waals surface area contributed by atoms with E-state index in [0.29, 0.717) is 36.7 Å². The number of allylic oxidation sites excluding steroid dienone is 1. The first kappa shape index (κ1) is 18.3. The van der Waals surface area contributed by atoms with E-state index in [1.165, 1.54) is 4.90 Å². The molecule has 1 aromatic rings. The molecule has 1 saturated heterocycles. The van der Waals surface area contributed by atoms with E-state index in [9.17, 15) is 9.59 Å². The third-order valence-electron chi connectivity index (χ3n) is 4.57. The van der Waals surface area contributed by atoms with Crippen LogP contribution in [0.4, 0.5) is 0 Å². The molecule has 1 fully saturated rings. The molecule has 1 aliphatic carbocycles. The van der Waals surface area contributed by atoms with Gasteiger partial charge in [0, 0.05) is 38.0 Å². The topological polar surface area (TPSA) is 93.1 Å². The number of aliphatic imine (C=N–C) groups is 1. The summed E-state index contributed by atoms with van der Waals surface area (Å²) < 4.78 is 10.7. The van der Waals surface area contributed by atoms with Crippen molar-refractivity contribution >= 4 is 34.9 Å². The van der Waals surface area contributed by atoms with Crippen molar-refractivity contribution in [3.63, 3.8) is 0 Å². The summed E-state index contributed by atoms with van der Waals surface area (Å²) in [7, 11) is 0. The number of fused-ring (bicyclic) bond motifs is 2. The number of pyridine rings is 1. The lowest BCUT2D eigenvalue weighted by atomic mass is 9.94. The third kappa shape index (κ3) is 3.79. The summed E-state index contributed by atoms with van der Waals surface area (Å²) in [5, 5.41) is 3.05. The molecule has 1 N–H and O–H groups in total. The molecule has 0 bridgehead atoms. The first-order valence-electron chi connectivity index (χ1n) is 8.91. The Balaban J connectivity index is 1.31. The van der Waals surface area contributed by atoms with E-state index in [1.54, 1.807) is 24.5 Å². The second-order valence-electron chi connectivity index (χ2n) is 6.47. The zero-order chi connectivity index (χ0) is 19.5. The second kappa shape index (κ2) is 7.89. The Labute approximate surface area is 166 Å². The lowest BCUT2D eigenvalue weighted by Gasteiger charge is -2.30. The predicted molar refractivity (Wildman–Crippen MR) is 104 cm³/mol. The largest absolute Gasteiger partial charge is 0.454 e. The summed E-state index contributed by atoms with van der Waals surface area (Å²) in [4.78, 5) is 34.7. The van der Waals surface area contributed by atoms with Gasteiger partial charge in [-0.05, 0) is 36.3 Å². The SMILES string of the molecule is O=C(CCCN1C(=O)C2C=C3OCOC3=CC2=NC1=S)NCc1cccnc1. The van der Waals surface area contributed by atoms with Gasteiger partial charge in [-0.3, -0.25) is 19.5 Å². The van der Waals surface area contributed by atoms with Crippen molar-refractivity contribution in [2.45, 2.75) is 19.4 Å². The van der Waals surface area contributed by atoms with Crippen LogP contribution in [0.15, 0.2) is 53.2 Å². The van der Waals surface area contributed by atoms with E-state index >= 15 is 0 Å². The highest BCUT2D eigenvalue weighted by Crippen LogP contribution is 2.31. The molecule has 3 heterocycles. The number of nitrogens with one attached hydrogen (secondary N) is 1. The number of carbonyl (C=O) groups is 2. The van der Waals surface area contributed by atoms with Gasteiger partial charge in [-0.15, -0.1) is 0 Å². The molecule has 0 spiro atoms. The Morgan fingerprint density at radius 2 is 2.21 bits per heavy atom. The van der Waals surface area contributed by atoms with Gasteiger partial charge in [0.25, 0.3) is 0 Å². The fourth-order valence-corrected chi connectivity index (χ4v) is 3.42. The number of amides is 2. The Bertz CT molecular complexity index is 910. The van der Waals surface area contributed by atoms with Crippen molar-refractivity contribution in [1.82, 2.24) is 15.2 Å². The van der Waals surface area contributed by atoms with E-state index in [4.69, 9.17) is 21.7 Å². The third-order valence-corrected chi connectivity index (χ3v) is 4.88. The highest BCUT2D eigenvalue weighted by Gasteiger charge is 2.38. The minimum Gasteiger partial charge on any atom is -0.454 e. The number of thiocarbonyl (C=S) groups is 1. The molecule has 144 valence electrons. The van der Waals surface area contributed by atoms with Crippen molar-refractivity contribution in [3.8, 4) is 0 Å². The highest BCUT2D eigenvalue weighted by molar-refractivity contribution is 7.80. The lowest BCUT2D eigenvalue weighted by Crippen LogP contribution is -2.46. The first-order chi connectivity index (χ1) is 13.6. The molecular weight excluding hydrogens is 380 g/mol. The van der Waals surface area contributed by atoms with Crippen molar-refractivity contribution in [2.75, 3.05) is 13.3 Å². The summed E-state index contributed by atoms with van der Waals surface area (Å²) in [6.45, 7) is 0.893. The minimum atomic E-state index is -0.536. The standard InChI is InChI=1S/C19H18N4O4S/c24-17(21-10-12-3-1-5-20-9-12)4-2-6-23-18(25)13-7-15-16(27-11-26-15)8-14(13)22-19(23)28/h1,3,5,7-9,13H,2,4,6,10-11H2,(H,21,24). The van der Waals surface area contributed by atoms with Gasteiger partial charge in [-0.1, -0.05) is 6.07 Å². The molecule has 0 saturated carbocycles. The van der Waals surface area contributed by atoms with Crippen molar-refractivity contribution in [1.29, 1.82) is 0 Å². The normalized spacial score (nSPS) is 20.2. The zero-order valence-corrected chi connectivity index (χ0v) is 15.8. The molecular formula is C19H18N4O4S. The summed E-state index contributed by atoms with van der Waals surface area (Å²) in [5.74, 6) is 0.340. The maximum absolute atomic E-state index is 12.8. The fourth-order valence-electron chi connectivity index (χ4n) is 3.13. The maximum Gasteiger partial charge on any atom is 0.241 e. The van der Waals surface area contributed by atoms with Crippen molar-refractivity contribution in [3.05, 3.63) is 53.8 Å². The smallest absolute Gasteiger partial charge is 0.241 e. The molecule has 1 aromatic heterocycles. The molecule has 4 rings (SSSR count). The van der Waals surface area contributed by atoms with Crippen LogP contribution in [0.5, 0.6) is 0 Å². The van der Waals surface area contributed by atoms with Gasteiger partial charge < -0.3 is 14.8 Å². The summed E-state index contributed by atoms with van der Waals surface area (Å²) in [5.41, 5.74) is 1.49. The van der Waals surface area contributed by atoms with E-state index < -0.39 is 5.92 Å². The summed E-state index contributed by atoms with van der Waals surface area (Å²) >= 11 is 5.27. The van der Waals surface area contributed by atoms with Crippen LogP contribution in [0, 0.1) is 5.92 Å². The van der Waals surface area contributed by atoms with Crippen LogP contribution in [-0.4, -0.2) is 45.9 Å². The first-order valence-corrected chi connectivity index (χ1v) is 9.31. The number of nitrogens with zero attached hydrogens (tertiary/aromatic N) is 3. The van der Waals surface area contributed by atoms with E-state index in [2.05, 4.69) is 15.3 Å². The molecule has 0 radical (unpaired) electrons. The monoisotopic (exact) mass is 398 g/mol. The molecule has 1 atom stereocenters. The van der Waals surface area contributed by atoms with Crippen LogP contribution in [0.25, 0.3) is 0 Å². The average molecular weight is 398 g/mol. The number of aromatic nitrogens is 1. The van der Waals surface area contributed by atoms with Gasteiger partial charge in [0.2, 0.25) is 23.7 Å². The molecule has 8 nitrogen and oxygen atoms in total. The Morgan fingerprint density at radius 3 is 3.04 bits per heavy atom. The van der Waals surface area contributed by atoms with Crippen LogP contribution >= 0.6 is 12.2 Å². The van der Waals surface area contributed by atoms with E-state index in [-0.39, 0.29) is 30.1 Å². The van der Waals surface area contributed by atoms with Gasteiger partial charge in [0.1, 0.15) is 5.92 Å². The van der Waals surface area contributed by atoms with Crippen molar-refractivity contribution in [2.24, 2.45) is 10.9 Å². The van der Waals surface area contributed by atoms with Gasteiger partial charge in [-0.25, -0.2) is 4.99 Å². The number of carbonyl (C=O) groups excluding carboxylic acids is 2. The molecule has 9 heteroatoms. The Kier molecular flexibility index (Phi) is 5.16. The van der Waals surface area contributed by atoms with E-state index in [1.807, 2.05) is 12.1 Å². The molecule has 2 amide bonds. The van der Waals surface area contributed by atoms with Crippen LogP contribution in [0.2, 0.25) is 0 Å². The van der Waals surface area contributed by atoms with Gasteiger partial charge in [0.15, 0.2) is 11.5 Å². The summed E-state index contributed by atoms with van der Waals surface area (Å²) in [6, 6.07) is 3.71. The van der Waals surface area contributed by atoms with Gasteiger partial charge in [0.05, 0.1) is 5.71 Å². The van der Waals surface area contributed by atoms with Crippen molar-refractivity contribution < 1.29 is 19.1 Å². The Morgan fingerprint density at radius 1 is 1.36 bits per heavy atom. The van der Waals surface area contributed by atoms with E-state index in [0.717, 1.165) is 5.56 Å². The van der Waals surface area contributed by atoms with Crippen LogP contribution in [-0.2, 0) is 25.6 Å². The predicted octanol–water partition coefficient (Wildman–Crippen LogP) is 1.45. The summed E-state index contributed by atoms with van der Waals surface area (Å²) in [6.07, 6.45) is 7.57. The molecule has 0 aromatic carbocycles. The minimum absolute atomic E-state index is 0.0905. The Hall–Kier alpha value is -3.07. The molecule has 1 unspecified atom stereocenters. The van der Waals surface area contributed by atoms with Crippen LogP contribution in [0.1, 0.15) is 18.4 Å². The molecule has 2 aliphatic heterocycles.